The number of carbonyl (C=O) groups is 1. The molecular weight excluding hydrogens is 371 g/mol. The van der Waals surface area contributed by atoms with Crippen LogP contribution < -0.4 is 9.64 Å². The van der Waals surface area contributed by atoms with Crippen LogP contribution in [0.25, 0.3) is 0 Å². The lowest BCUT2D eigenvalue weighted by molar-refractivity contribution is -0.138. The first-order valence-corrected chi connectivity index (χ1v) is 9.04. The van der Waals surface area contributed by atoms with E-state index in [0.717, 1.165) is 17.8 Å². The average Bonchev–Trinajstić information content (AvgIpc) is 2.67. The number of nitrogens with zero attached hydrogens (tertiary/aromatic N) is 3. The molecule has 2 heterocycles. The number of pyridine rings is 1. The number of ether oxygens (including phenoxy) is 1. The Hall–Kier alpha value is -2.77. The van der Waals surface area contributed by atoms with Crippen molar-refractivity contribution in [2.75, 3.05) is 31.1 Å². The highest BCUT2D eigenvalue weighted by molar-refractivity contribution is 5.81. The molecule has 0 radical (unpaired) electrons. The molecule has 1 aromatic heterocycles. The molecule has 2 aromatic rings. The molecule has 1 fully saturated rings. The molecular formula is C20H22F3N3O2. The number of halogens is 3. The summed E-state index contributed by atoms with van der Waals surface area (Å²) in [6, 6.07) is 9.90. The minimum atomic E-state index is -4.40. The molecule has 5 nitrogen and oxygen atoms in total. The first-order chi connectivity index (χ1) is 13.2. The number of benzene rings is 1. The van der Waals surface area contributed by atoms with Crippen LogP contribution in [0.5, 0.6) is 5.75 Å². The van der Waals surface area contributed by atoms with E-state index in [1.165, 1.54) is 6.07 Å². The first kappa shape index (κ1) is 20.0. The highest BCUT2D eigenvalue weighted by atomic mass is 19.4. The molecule has 1 amide bonds. The van der Waals surface area contributed by atoms with Gasteiger partial charge in [0.15, 0.2) is 6.10 Å². The SMILES string of the molecule is Cc1cccc(O[C@@H](C)C(=O)N2CCN(c3ccc(C(F)(F)F)cn3)CC2)c1. The second kappa shape index (κ2) is 8.08. The summed E-state index contributed by atoms with van der Waals surface area (Å²) in [5, 5.41) is 0. The maximum Gasteiger partial charge on any atom is 0.417 e. The van der Waals surface area contributed by atoms with Gasteiger partial charge in [0.1, 0.15) is 11.6 Å². The third kappa shape index (κ3) is 4.74. The van der Waals surface area contributed by atoms with E-state index in [0.29, 0.717) is 37.7 Å². The molecule has 0 N–H and O–H groups in total. The van der Waals surface area contributed by atoms with Gasteiger partial charge in [-0.15, -0.1) is 0 Å². The molecule has 1 aromatic carbocycles. The van der Waals surface area contributed by atoms with E-state index >= 15 is 0 Å². The average molecular weight is 393 g/mol. The molecule has 1 aliphatic heterocycles. The predicted octanol–water partition coefficient (Wildman–Crippen LogP) is 3.52. The number of anilines is 1. The Morgan fingerprint density at radius 2 is 1.86 bits per heavy atom. The summed E-state index contributed by atoms with van der Waals surface area (Å²) >= 11 is 0. The lowest BCUT2D eigenvalue weighted by atomic mass is 10.2. The minimum Gasteiger partial charge on any atom is -0.481 e. The predicted molar refractivity (Wildman–Crippen MR) is 99.3 cm³/mol. The van der Waals surface area contributed by atoms with E-state index in [1.54, 1.807) is 11.8 Å². The van der Waals surface area contributed by atoms with Crippen LogP contribution in [0.2, 0.25) is 0 Å². The molecule has 28 heavy (non-hydrogen) atoms. The van der Waals surface area contributed by atoms with Crippen LogP contribution in [-0.2, 0) is 11.0 Å². The zero-order valence-corrected chi connectivity index (χ0v) is 15.7. The van der Waals surface area contributed by atoms with E-state index in [9.17, 15) is 18.0 Å². The summed E-state index contributed by atoms with van der Waals surface area (Å²) in [5.41, 5.74) is 0.280. The molecule has 8 heteroatoms. The van der Waals surface area contributed by atoms with Crippen molar-refractivity contribution >= 4 is 11.7 Å². The molecule has 0 unspecified atom stereocenters. The van der Waals surface area contributed by atoms with Gasteiger partial charge in [0, 0.05) is 32.4 Å². The van der Waals surface area contributed by atoms with Crippen molar-refractivity contribution in [2.45, 2.75) is 26.1 Å². The van der Waals surface area contributed by atoms with Crippen LogP contribution in [0.15, 0.2) is 42.6 Å². The van der Waals surface area contributed by atoms with E-state index in [1.807, 2.05) is 36.1 Å². The standard InChI is InChI=1S/C20H22F3N3O2/c1-14-4-3-5-17(12-14)28-15(2)19(27)26-10-8-25(9-11-26)18-7-6-16(13-24-18)20(21,22)23/h3-7,12-13,15H,8-11H2,1-2H3/t15-/m0/s1. The Morgan fingerprint density at radius 3 is 2.43 bits per heavy atom. The highest BCUT2D eigenvalue weighted by Gasteiger charge is 2.31. The fourth-order valence-electron chi connectivity index (χ4n) is 3.10. The molecule has 0 bridgehead atoms. The summed E-state index contributed by atoms with van der Waals surface area (Å²) in [5.74, 6) is 1.01. The number of hydrogen-bond donors (Lipinski definition) is 0. The Kier molecular flexibility index (Phi) is 5.76. The van der Waals surface area contributed by atoms with Gasteiger partial charge in [-0.05, 0) is 43.7 Å². The number of aromatic nitrogens is 1. The summed E-state index contributed by atoms with van der Waals surface area (Å²) < 4.78 is 43.7. The van der Waals surface area contributed by atoms with Crippen molar-refractivity contribution < 1.29 is 22.7 Å². The quantitative estimate of drug-likeness (QED) is 0.797. The summed E-state index contributed by atoms with van der Waals surface area (Å²) in [7, 11) is 0. The van der Waals surface area contributed by atoms with Crippen molar-refractivity contribution in [3.05, 3.63) is 53.7 Å². The summed E-state index contributed by atoms with van der Waals surface area (Å²) in [6.45, 7) is 5.59. The fraction of sp³-hybridized carbons (Fsp3) is 0.400. The van der Waals surface area contributed by atoms with Gasteiger partial charge in [-0.25, -0.2) is 4.98 Å². The zero-order valence-electron chi connectivity index (χ0n) is 15.7. The smallest absolute Gasteiger partial charge is 0.417 e. The van der Waals surface area contributed by atoms with Crippen LogP contribution >= 0.6 is 0 Å². The van der Waals surface area contributed by atoms with Crippen molar-refractivity contribution in [2.24, 2.45) is 0 Å². The van der Waals surface area contributed by atoms with Crippen LogP contribution in [0.3, 0.4) is 0 Å². The molecule has 0 aliphatic carbocycles. The van der Waals surface area contributed by atoms with Gasteiger partial charge in [0.05, 0.1) is 5.56 Å². The monoisotopic (exact) mass is 393 g/mol. The number of carbonyl (C=O) groups excluding carboxylic acids is 1. The number of piperazine rings is 1. The molecule has 1 saturated heterocycles. The first-order valence-electron chi connectivity index (χ1n) is 9.04. The second-order valence-corrected chi connectivity index (χ2v) is 6.79. The zero-order chi connectivity index (χ0) is 20.3. The number of amides is 1. The van der Waals surface area contributed by atoms with Gasteiger partial charge in [-0.2, -0.15) is 13.2 Å². The van der Waals surface area contributed by atoms with Gasteiger partial charge in [-0.3, -0.25) is 4.79 Å². The third-order valence-corrected chi connectivity index (χ3v) is 4.64. The largest absolute Gasteiger partial charge is 0.481 e. The van der Waals surface area contributed by atoms with Gasteiger partial charge < -0.3 is 14.5 Å². The van der Waals surface area contributed by atoms with Gasteiger partial charge in [0.25, 0.3) is 5.91 Å². The fourth-order valence-corrected chi connectivity index (χ4v) is 3.10. The normalized spacial score (nSPS) is 16.0. The Labute approximate surface area is 161 Å². The van der Waals surface area contributed by atoms with Crippen molar-refractivity contribution in [3.63, 3.8) is 0 Å². The third-order valence-electron chi connectivity index (χ3n) is 4.64. The maximum absolute atomic E-state index is 12.6. The number of aryl methyl sites for hydroxylation is 1. The van der Waals surface area contributed by atoms with Crippen LogP contribution in [-0.4, -0.2) is 48.1 Å². The van der Waals surface area contributed by atoms with Gasteiger partial charge in [0.2, 0.25) is 0 Å². The van der Waals surface area contributed by atoms with Crippen LogP contribution in [0.4, 0.5) is 19.0 Å². The highest BCUT2D eigenvalue weighted by Crippen LogP contribution is 2.29. The van der Waals surface area contributed by atoms with E-state index in [-0.39, 0.29) is 5.91 Å². The summed E-state index contributed by atoms with van der Waals surface area (Å²) in [4.78, 5) is 20.1. The molecule has 1 atom stereocenters. The second-order valence-electron chi connectivity index (χ2n) is 6.79. The van der Waals surface area contributed by atoms with Crippen molar-refractivity contribution in [1.82, 2.24) is 9.88 Å². The molecule has 150 valence electrons. The topological polar surface area (TPSA) is 45.7 Å². The molecule has 3 rings (SSSR count). The number of hydrogen-bond acceptors (Lipinski definition) is 4. The lowest BCUT2D eigenvalue weighted by Crippen LogP contribution is -2.52. The Balaban J connectivity index is 1.55. The summed E-state index contributed by atoms with van der Waals surface area (Å²) in [6.07, 6.45) is -4.17. The van der Waals surface area contributed by atoms with Gasteiger partial charge >= 0.3 is 6.18 Å². The minimum absolute atomic E-state index is 0.110. The molecule has 0 saturated carbocycles. The van der Waals surface area contributed by atoms with Crippen molar-refractivity contribution in [1.29, 1.82) is 0 Å². The van der Waals surface area contributed by atoms with E-state index in [4.69, 9.17) is 4.74 Å². The number of rotatable bonds is 4. The van der Waals surface area contributed by atoms with E-state index in [2.05, 4.69) is 4.98 Å². The molecule has 0 spiro atoms. The van der Waals surface area contributed by atoms with E-state index < -0.39 is 17.8 Å². The van der Waals surface area contributed by atoms with Gasteiger partial charge in [-0.1, -0.05) is 12.1 Å². The maximum atomic E-state index is 12.6. The number of alkyl halides is 3. The van der Waals surface area contributed by atoms with Crippen LogP contribution in [0, 0.1) is 6.92 Å². The lowest BCUT2D eigenvalue weighted by Gasteiger charge is -2.36. The Morgan fingerprint density at radius 1 is 1.14 bits per heavy atom. The van der Waals surface area contributed by atoms with Crippen molar-refractivity contribution in [3.8, 4) is 5.75 Å². The van der Waals surface area contributed by atoms with Crippen LogP contribution in [0.1, 0.15) is 18.1 Å². The Bertz CT molecular complexity index is 816. The molecule has 1 aliphatic rings.